The Morgan fingerprint density at radius 1 is 1.27 bits per heavy atom. The van der Waals surface area contributed by atoms with Gasteiger partial charge in [-0.2, -0.15) is 0 Å². The van der Waals surface area contributed by atoms with Crippen molar-refractivity contribution in [3.63, 3.8) is 0 Å². The van der Waals surface area contributed by atoms with E-state index in [0.29, 0.717) is 0 Å². The summed E-state index contributed by atoms with van der Waals surface area (Å²) in [6.07, 6.45) is 0. The van der Waals surface area contributed by atoms with Crippen molar-refractivity contribution in [2.75, 3.05) is 5.32 Å². The van der Waals surface area contributed by atoms with E-state index in [1.165, 1.54) is 0 Å². The van der Waals surface area contributed by atoms with Gasteiger partial charge in [0.2, 0.25) is 0 Å². The number of benzene rings is 1. The van der Waals surface area contributed by atoms with Crippen LogP contribution in [0.2, 0.25) is 0 Å². The third kappa shape index (κ3) is 3.22. The fourth-order valence-electron chi connectivity index (χ4n) is 0.664. The lowest BCUT2D eigenvalue weighted by Crippen LogP contribution is -2.18. The highest BCUT2D eigenvalue weighted by Gasteiger charge is 1.90. The molecule has 1 aromatic rings. The first kappa shape index (κ1) is 9.45. The molecule has 0 saturated heterocycles. The van der Waals surface area contributed by atoms with Crippen LogP contribution < -0.4 is 17.2 Å². The van der Waals surface area contributed by atoms with Crippen molar-refractivity contribution in [3.05, 3.63) is 30.3 Å². The molecule has 0 atom stereocenters. The first-order valence-electron chi connectivity index (χ1n) is 2.90. The van der Waals surface area contributed by atoms with E-state index in [1.807, 2.05) is 18.2 Å². The molecule has 6 N–H and O–H groups in total. The summed E-state index contributed by atoms with van der Waals surface area (Å²) >= 11 is 0. The SMILES string of the molecule is N.NC(=O)Nc1ccccc1. The van der Waals surface area contributed by atoms with Crippen molar-refractivity contribution in [2.24, 2.45) is 5.73 Å². The summed E-state index contributed by atoms with van der Waals surface area (Å²) in [7, 11) is 0. The minimum atomic E-state index is -0.536. The lowest BCUT2D eigenvalue weighted by molar-refractivity contribution is 0.259. The maximum Gasteiger partial charge on any atom is 0.316 e. The van der Waals surface area contributed by atoms with Gasteiger partial charge in [-0.15, -0.1) is 0 Å². The number of carbonyl (C=O) groups is 1. The highest BCUT2D eigenvalue weighted by molar-refractivity contribution is 5.87. The van der Waals surface area contributed by atoms with E-state index in [4.69, 9.17) is 5.73 Å². The molecule has 1 rings (SSSR count). The summed E-state index contributed by atoms with van der Waals surface area (Å²) < 4.78 is 0. The molecule has 0 saturated carbocycles. The zero-order valence-electron chi connectivity index (χ0n) is 6.08. The van der Waals surface area contributed by atoms with Gasteiger partial charge < -0.3 is 17.2 Å². The Morgan fingerprint density at radius 3 is 2.27 bits per heavy atom. The van der Waals surface area contributed by atoms with E-state index in [1.54, 1.807) is 12.1 Å². The van der Waals surface area contributed by atoms with Gasteiger partial charge >= 0.3 is 6.03 Å². The van der Waals surface area contributed by atoms with Gasteiger partial charge in [0.15, 0.2) is 0 Å². The normalized spacial score (nSPS) is 8.00. The second-order valence-electron chi connectivity index (χ2n) is 1.86. The molecule has 0 aliphatic heterocycles. The number of carbonyl (C=O) groups excluding carboxylic acids is 1. The minimum absolute atomic E-state index is 0. The molecule has 4 nitrogen and oxygen atoms in total. The topological polar surface area (TPSA) is 90.1 Å². The molecule has 60 valence electrons. The molecule has 2 amide bonds. The van der Waals surface area contributed by atoms with Gasteiger partial charge in [0.05, 0.1) is 0 Å². The standard InChI is InChI=1S/C7H8N2O.H3N/c8-7(10)9-6-4-2-1-3-5-6;/h1-5H,(H3,8,9,10);1H3. The van der Waals surface area contributed by atoms with Crippen molar-refractivity contribution in [1.82, 2.24) is 6.15 Å². The van der Waals surface area contributed by atoms with Crippen LogP contribution in [-0.2, 0) is 0 Å². The van der Waals surface area contributed by atoms with E-state index >= 15 is 0 Å². The maximum atomic E-state index is 10.3. The fraction of sp³-hybridized carbons (Fsp3) is 0. The van der Waals surface area contributed by atoms with Crippen LogP contribution in [0.5, 0.6) is 0 Å². The maximum absolute atomic E-state index is 10.3. The molecule has 0 aliphatic rings. The van der Waals surface area contributed by atoms with Crippen LogP contribution in [0, 0.1) is 0 Å². The Labute approximate surface area is 65.0 Å². The summed E-state index contributed by atoms with van der Waals surface area (Å²) in [6, 6.07) is 8.52. The van der Waals surface area contributed by atoms with Crippen LogP contribution in [0.25, 0.3) is 0 Å². The number of urea groups is 1. The minimum Gasteiger partial charge on any atom is -0.351 e. The van der Waals surface area contributed by atoms with Crippen molar-refractivity contribution < 1.29 is 4.79 Å². The molecule has 1 aromatic carbocycles. The van der Waals surface area contributed by atoms with Crippen LogP contribution in [0.15, 0.2) is 30.3 Å². The molecule has 0 fully saturated rings. The van der Waals surface area contributed by atoms with E-state index in [9.17, 15) is 4.79 Å². The van der Waals surface area contributed by atoms with Gasteiger partial charge in [0, 0.05) is 5.69 Å². The van der Waals surface area contributed by atoms with Crippen molar-refractivity contribution in [3.8, 4) is 0 Å². The average molecular weight is 153 g/mol. The highest BCUT2D eigenvalue weighted by Crippen LogP contribution is 2.03. The van der Waals surface area contributed by atoms with E-state index < -0.39 is 6.03 Å². The third-order valence-corrected chi connectivity index (χ3v) is 1.04. The summed E-state index contributed by atoms with van der Waals surface area (Å²) in [5.41, 5.74) is 5.59. The second-order valence-corrected chi connectivity index (χ2v) is 1.86. The van der Waals surface area contributed by atoms with Crippen LogP contribution >= 0.6 is 0 Å². The summed E-state index contributed by atoms with van der Waals surface area (Å²) in [5, 5.41) is 2.44. The first-order chi connectivity index (χ1) is 4.79. The zero-order chi connectivity index (χ0) is 7.40. The number of hydrogen-bond donors (Lipinski definition) is 3. The van der Waals surface area contributed by atoms with E-state index in [0.717, 1.165) is 5.69 Å². The van der Waals surface area contributed by atoms with Gasteiger partial charge in [0.25, 0.3) is 0 Å². The number of primary amides is 1. The largest absolute Gasteiger partial charge is 0.351 e. The Bertz CT molecular complexity index is 222. The number of rotatable bonds is 1. The van der Waals surface area contributed by atoms with Gasteiger partial charge in [0.1, 0.15) is 0 Å². The molecular formula is C7H11N3O. The fourth-order valence-corrected chi connectivity index (χ4v) is 0.664. The number of hydrogen-bond acceptors (Lipinski definition) is 2. The molecule has 0 bridgehead atoms. The summed E-state index contributed by atoms with van der Waals surface area (Å²) in [4.78, 5) is 10.3. The zero-order valence-corrected chi connectivity index (χ0v) is 6.08. The Balaban J connectivity index is 0.000001000. The van der Waals surface area contributed by atoms with Gasteiger partial charge in [-0.25, -0.2) is 4.79 Å². The molecule has 0 aromatic heterocycles. The molecule has 0 heterocycles. The summed E-state index contributed by atoms with van der Waals surface area (Å²) in [5.74, 6) is 0. The quantitative estimate of drug-likeness (QED) is 0.568. The molecule has 0 spiro atoms. The predicted octanol–water partition coefficient (Wildman–Crippen LogP) is 1.34. The van der Waals surface area contributed by atoms with Gasteiger partial charge in [-0.1, -0.05) is 18.2 Å². The Hall–Kier alpha value is -1.55. The molecule has 0 radical (unpaired) electrons. The van der Waals surface area contributed by atoms with Crippen LogP contribution in [0.3, 0.4) is 0 Å². The third-order valence-electron chi connectivity index (χ3n) is 1.04. The Kier molecular flexibility index (Phi) is 3.69. The van der Waals surface area contributed by atoms with Gasteiger partial charge in [-0.3, -0.25) is 0 Å². The summed E-state index contributed by atoms with van der Waals surface area (Å²) in [6.45, 7) is 0. The van der Waals surface area contributed by atoms with Crippen LogP contribution in [-0.4, -0.2) is 6.03 Å². The smallest absolute Gasteiger partial charge is 0.316 e. The number of nitrogens with one attached hydrogen (secondary N) is 1. The lowest BCUT2D eigenvalue weighted by Gasteiger charge is -1.97. The average Bonchev–Trinajstić information content (AvgIpc) is 1.88. The Morgan fingerprint density at radius 2 is 1.82 bits per heavy atom. The molecule has 0 unspecified atom stereocenters. The molecule has 11 heavy (non-hydrogen) atoms. The van der Waals surface area contributed by atoms with Crippen LogP contribution in [0.4, 0.5) is 10.5 Å². The lowest BCUT2D eigenvalue weighted by atomic mass is 10.3. The monoisotopic (exact) mass is 153 g/mol. The number of anilines is 1. The van der Waals surface area contributed by atoms with Crippen molar-refractivity contribution in [2.45, 2.75) is 0 Å². The highest BCUT2D eigenvalue weighted by atomic mass is 16.2. The number of nitrogens with two attached hydrogens (primary N) is 1. The molecule has 0 aliphatic carbocycles. The molecule has 4 heteroatoms. The number of para-hydroxylation sites is 1. The second kappa shape index (κ2) is 4.29. The van der Waals surface area contributed by atoms with Crippen molar-refractivity contribution in [1.29, 1.82) is 0 Å². The van der Waals surface area contributed by atoms with E-state index in [2.05, 4.69) is 5.32 Å². The first-order valence-corrected chi connectivity index (χ1v) is 2.90. The van der Waals surface area contributed by atoms with E-state index in [-0.39, 0.29) is 6.15 Å². The predicted molar refractivity (Wildman–Crippen MR) is 44.7 cm³/mol. The van der Waals surface area contributed by atoms with Crippen molar-refractivity contribution >= 4 is 11.7 Å². The molecular weight excluding hydrogens is 142 g/mol. The van der Waals surface area contributed by atoms with Gasteiger partial charge in [-0.05, 0) is 12.1 Å². The van der Waals surface area contributed by atoms with Crippen LogP contribution in [0.1, 0.15) is 0 Å². The number of amides is 2.